The van der Waals surface area contributed by atoms with E-state index < -0.39 is 0 Å². The van der Waals surface area contributed by atoms with Crippen molar-refractivity contribution < 1.29 is 9.90 Å². The van der Waals surface area contributed by atoms with Crippen LogP contribution in [0.1, 0.15) is 28.8 Å². The molecule has 1 aromatic carbocycles. The van der Waals surface area contributed by atoms with Gasteiger partial charge in [-0.25, -0.2) is 0 Å². The Labute approximate surface area is 112 Å². The Hall–Kier alpha value is -1.00. The first-order chi connectivity index (χ1) is 8.60. The standard InChI is InChI=1S/C14H19NO2S/c1-9-3-4-12(18-2)7-13(9)14(17)15-8-10-5-11(16)6-10/h3-4,7,10-11,16H,5-6,8H2,1-2H3,(H,15,17). The fourth-order valence-electron chi connectivity index (χ4n) is 2.17. The van der Waals surface area contributed by atoms with Crippen LogP contribution in [0, 0.1) is 12.8 Å². The van der Waals surface area contributed by atoms with Crippen LogP contribution in [0.5, 0.6) is 0 Å². The first kappa shape index (κ1) is 13.4. The number of benzene rings is 1. The summed E-state index contributed by atoms with van der Waals surface area (Å²) in [4.78, 5) is 13.2. The molecule has 0 heterocycles. The normalized spacial score (nSPS) is 22.4. The lowest BCUT2D eigenvalue weighted by atomic mass is 9.82. The molecular formula is C14H19NO2S. The van der Waals surface area contributed by atoms with Crippen molar-refractivity contribution in [2.24, 2.45) is 5.92 Å². The highest BCUT2D eigenvalue weighted by molar-refractivity contribution is 7.98. The van der Waals surface area contributed by atoms with E-state index >= 15 is 0 Å². The van der Waals surface area contributed by atoms with Crippen LogP contribution >= 0.6 is 11.8 Å². The Bertz CT molecular complexity index is 441. The predicted molar refractivity (Wildman–Crippen MR) is 74.0 cm³/mol. The van der Waals surface area contributed by atoms with E-state index in [4.69, 9.17) is 0 Å². The van der Waals surface area contributed by atoms with Gasteiger partial charge in [0.05, 0.1) is 6.10 Å². The lowest BCUT2D eigenvalue weighted by Gasteiger charge is -2.31. The summed E-state index contributed by atoms with van der Waals surface area (Å²) in [5, 5.41) is 12.2. The van der Waals surface area contributed by atoms with E-state index in [0.29, 0.717) is 12.5 Å². The van der Waals surface area contributed by atoms with Crippen molar-refractivity contribution in [3.63, 3.8) is 0 Å². The highest BCUT2D eigenvalue weighted by Gasteiger charge is 2.27. The number of carbonyl (C=O) groups is 1. The molecule has 0 bridgehead atoms. The topological polar surface area (TPSA) is 49.3 Å². The highest BCUT2D eigenvalue weighted by Crippen LogP contribution is 2.26. The summed E-state index contributed by atoms with van der Waals surface area (Å²) in [7, 11) is 0. The van der Waals surface area contributed by atoms with E-state index in [0.717, 1.165) is 28.9 Å². The maximum atomic E-state index is 12.1. The van der Waals surface area contributed by atoms with E-state index in [1.807, 2.05) is 31.4 Å². The lowest BCUT2D eigenvalue weighted by Crippen LogP contribution is -2.38. The summed E-state index contributed by atoms with van der Waals surface area (Å²) >= 11 is 1.64. The second kappa shape index (κ2) is 5.76. The summed E-state index contributed by atoms with van der Waals surface area (Å²) in [6, 6.07) is 5.94. The molecule has 0 aliphatic heterocycles. The van der Waals surface area contributed by atoms with Gasteiger partial charge in [0, 0.05) is 17.0 Å². The molecule has 98 valence electrons. The van der Waals surface area contributed by atoms with Crippen molar-refractivity contribution in [1.29, 1.82) is 0 Å². The molecule has 2 rings (SSSR count). The third-order valence-electron chi connectivity index (χ3n) is 3.45. The fraction of sp³-hybridized carbons (Fsp3) is 0.500. The van der Waals surface area contributed by atoms with E-state index in [1.165, 1.54) is 0 Å². The van der Waals surface area contributed by atoms with Crippen LogP contribution in [0.25, 0.3) is 0 Å². The van der Waals surface area contributed by atoms with Crippen molar-refractivity contribution in [1.82, 2.24) is 5.32 Å². The molecule has 4 heteroatoms. The predicted octanol–water partition coefficient (Wildman–Crippen LogP) is 2.22. The van der Waals surface area contributed by atoms with Crippen LogP contribution in [-0.4, -0.2) is 29.9 Å². The van der Waals surface area contributed by atoms with Gasteiger partial charge in [-0.1, -0.05) is 6.07 Å². The third-order valence-corrected chi connectivity index (χ3v) is 4.18. The smallest absolute Gasteiger partial charge is 0.251 e. The molecule has 3 nitrogen and oxygen atoms in total. The zero-order valence-corrected chi connectivity index (χ0v) is 11.6. The van der Waals surface area contributed by atoms with E-state index in [2.05, 4.69) is 5.32 Å². The van der Waals surface area contributed by atoms with Gasteiger partial charge in [-0.2, -0.15) is 0 Å². The number of aryl methyl sites for hydroxylation is 1. The van der Waals surface area contributed by atoms with Gasteiger partial charge in [0.1, 0.15) is 0 Å². The van der Waals surface area contributed by atoms with Gasteiger partial charge in [0.2, 0.25) is 0 Å². The quantitative estimate of drug-likeness (QED) is 0.821. The minimum atomic E-state index is -0.159. The molecule has 0 aromatic heterocycles. The van der Waals surface area contributed by atoms with Gasteiger partial charge in [0.15, 0.2) is 0 Å². The minimum Gasteiger partial charge on any atom is -0.393 e. The summed E-state index contributed by atoms with van der Waals surface area (Å²) in [6.07, 6.45) is 3.46. The average Bonchev–Trinajstić information content (AvgIpc) is 2.33. The fourth-order valence-corrected chi connectivity index (χ4v) is 2.61. The van der Waals surface area contributed by atoms with E-state index in [-0.39, 0.29) is 12.0 Å². The SMILES string of the molecule is CSc1ccc(C)c(C(=O)NCC2CC(O)C2)c1. The second-order valence-electron chi connectivity index (χ2n) is 4.88. The molecule has 0 radical (unpaired) electrons. The number of aliphatic hydroxyl groups is 1. The molecule has 2 N–H and O–H groups in total. The van der Waals surface area contributed by atoms with Gasteiger partial charge in [-0.15, -0.1) is 11.8 Å². The van der Waals surface area contributed by atoms with Crippen LogP contribution in [0.4, 0.5) is 0 Å². The number of aliphatic hydroxyl groups excluding tert-OH is 1. The Morgan fingerprint density at radius 1 is 1.50 bits per heavy atom. The molecular weight excluding hydrogens is 246 g/mol. The number of rotatable bonds is 4. The van der Waals surface area contributed by atoms with Gasteiger partial charge in [-0.3, -0.25) is 4.79 Å². The molecule has 0 saturated heterocycles. The molecule has 18 heavy (non-hydrogen) atoms. The zero-order valence-electron chi connectivity index (χ0n) is 10.8. The molecule has 1 saturated carbocycles. The summed E-state index contributed by atoms with van der Waals surface area (Å²) in [6.45, 7) is 2.62. The number of hydrogen-bond donors (Lipinski definition) is 2. The van der Waals surface area contributed by atoms with Crippen molar-refractivity contribution in [3.05, 3.63) is 29.3 Å². The Balaban J connectivity index is 1.95. The van der Waals surface area contributed by atoms with Gasteiger partial charge in [-0.05, 0) is 49.6 Å². The Morgan fingerprint density at radius 2 is 2.22 bits per heavy atom. The Morgan fingerprint density at radius 3 is 2.83 bits per heavy atom. The molecule has 0 atom stereocenters. The number of amides is 1. The summed E-state index contributed by atoms with van der Waals surface area (Å²) < 4.78 is 0. The van der Waals surface area contributed by atoms with Crippen molar-refractivity contribution >= 4 is 17.7 Å². The van der Waals surface area contributed by atoms with Gasteiger partial charge in [0.25, 0.3) is 5.91 Å². The van der Waals surface area contributed by atoms with Crippen LogP contribution in [-0.2, 0) is 0 Å². The largest absolute Gasteiger partial charge is 0.393 e. The molecule has 1 aliphatic carbocycles. The third kappa shape index (κ3) is 3.06. The average molecular weight is 265 g/mol. The monoisotopic (exact) mass is 265 g/mol. The molecule has 1 fully saturated rings. The van der Waals surface area contributed by atoms with Gasteiger partial charge < -0.3 is 10.4 Å². The first-order valence-electron chi connectivity index (χ1n) is 6.21. The van der Waals surface area contributed by atoms with E-state index in [9.17, 15) is 9.90 Å². The number of carbonyl (C=O) groups excluding carboxylic acids is 1. The minimum absolute atomic E-state index is 0.00945. The van der Waals surface area contributed by atoms with Gasteiger partial charge >= 0.3 is 0 Å². The molecule has 1 amide bonds. The molecule has 1 aliphatic rings. The maximum Gasteiger partial charge on any atom is 0.251 e. The first-order valence-corrected chi connectivity index (χ1v) is 7.43. The summed E-state index contributed by atoms with van der Waals surface area (Å²) in [5.41, 5.74) is 1.75. The second-order valence-corrected chi connectivity index (χ2v) is 5.76. The zero-order chi connectivity index (χ0) is 13.1. The number of thioether (sulfide) groups is 1. The number of hydrogen-bond acceptors (Lipinski definition) is 3. The van der Waals surface area contributed by atoms with Crippen LogP contribution < -0.4 is 5.32 Å². The maximum absolute atomic E-state index is 12.1. The Kier molecular flexibility index (Phi) is 4.30. The van der Waals surface area contributed by atoms with Crippen molar-refractivity contribution in [3.8, 4) is 0 Å². The van der Waals surface area contributed by atoms with Crippen LogP contribution in [0.15, 0.2) is 23.1 Å². The van der Waals surface area contributed by atoms with Crippen LogP contribution in [0.3, 0.4) is 0 Å². The molecule has 0 spiro atoms. The van der Waals surface area contributed by atoms with Crippen molar-refractivity contribution in [2.45, 2.75) is 30.8 Å². The lowest BCUT2D eigenvalue weighted by molar-refractivity contribution is 0.0420. The number of nitrogens with one attached hydrogen (secondary N) is 1. The summed E-state index contributed by atoms with van der Waals surface area (Å²) in [5.74, 6) is 0.428. The van der Waals surface area contributed by atoms with E-state index in [1.54, 1.807) is 11.8 Å². The van der Waals surface area contributed by atoms with Crippen molar-refractivity contribution in [2.75, 3.05) is 12.8 Å². The van der Waals surface area contributed by atoms with Crippen LogP contribution in [0.2, 0.25) is 0 Å². The highest BCUT2D eigenvalue weighted by atomic mass is 32.2. The molecule has 1 aromatic rings. The molecule has 0 unspecified atom stereocenters.